The fourth-order valence-corrected chi connectivity index (χ4v) is 1.81. The van der Waals surface area contributed by atoms with Gasteiger partial charge >= 0.3 is 17.9 Å². The standard InChI is InChI=1S/C17H23NO6/c1-16(2,3)24-15(22)17(18,10-9-13(19)20)14(21)23-11-12-7-5-4-6-8-12/h4-8H,9-11,18H2,1-3H3,(H,19,20). The van der Waals surface area contributed by atoms with Crippen LogP contribution in [0, 0.1) is 0 Å². The topological polar surface area (TPSA) is 116 Å². The van der Waals surface area contributed by atoms with Gasteiger partial charge in [0.1, 0.15) is 12.2 Å². The van der Waals surface area contributed by atoms with Gasteiger partial charge in [0.2, 0.25) is 5.54 Å². The van der Waals surface area contributed by atoms with Gasteiger partial charge in [-0.1, -0.05) is 30.3 Å². The zero-order chi connectivity index (χ0) is 18.4. The molecule has 7 heteroatoms. The Hall–Kier alpha value is -2.41. The molecule has 1 aromatic rings. The van der Waals surface area contributed by atoms with Gasteiger partial charge in [0.25, 0.3) is 0 Å². The molecule has 0 spiro atoms. The summed E-state index contributed by atoms with van der Waals surface area (Å²) in [7, 11) is 0. The second-order valence-corrected chi connectivity index (χ2v) is 6.43. The number of ether oxygens (including phenoxy) is 2. The first-order valence-electron chi connectivity index (χ1n) is 7.50. The number of esters is 2. The van der Waals surface area contributed by atoms with Crippen molar-refractivity contribution in [3.05, 3.63) is 35.9 Å². The van der Waals surface area contributed by atoms with Crippen molar-refractivity contribution in [3.8, 4) is 0 Å². The monoisotopic (exact) mass is 337 g/mol. The lowest BCUT2D eigenvalue weighted by molar-refractivity contribution is -0.172. The van der Waals surface area contributed by atoms with Gasteiger partial charge in [-0.2, -0.15) is 0 Å². The lowest BCUT2D eigenvalue weighted by Crippen LogP contribution is -2.58. The second kappa shape index (κ2) is 7.92. The number of carboxylic acid groups (broad SMARTS) is 1. The molecule has 0 saturated heterocycles. The first-order valence-corrected chi connectivity index (χ1v) is 7.50. The Bertz CT molecular complexity index is 593. The van der Waals surface area contributed by atoms with Crippen LogP contribution in [-0.4, -0.2) is 34.2 Å². The van der Waals surface area contributed by atoms with Crippen LogP contribution in [0.4, 0.5) is 0 Å². The number of carboxylic acids is 1. The fourth-order valence-electron chi connectivity index (χ4n) is 1.81. The van der Waals surface area contributed by atoms with E-state index in [9.17, 15) is 14.4 Å². The molecule has 1 unspecified atom stereocenters. The molecule has 0 heterocycles. The van der Waals surface area contributed by atoms with Crippen molar-refractivity contribution < 1.29 is 29.0 Å². The summed E-state index contributed by atoms with van der Waals surface area (Å²) in [6, 6.07) is 8.85. The van der Waals surface area contributed by atoms with E-state index in [-0.39, 0.29) is 6.61 Å². The number of nitrogens with two attached hydrogens (primary N) is 1. The Kier molecular flexibility index (Phi) is 6.48. The molecule has 1 rings (SSSR count). The van der Waals surface area contributed by atoms with Gasteiger partial charge in [-0.15, -0.1) is 0 Å². The molecule has 0 amide bonds. The minimum Gasteiger partial charge on any atom is -0.481 e. The van der Waals surface area contributed by atoms with Crippen molar-refractivity contribution in [2.45, 2.75) is 51.4 Å². The SMILES string of the molecule is CC(C)(C)OC(=O)C(N)(CCC(=O)O)C(=O)OCc1ccccc1. The van der Waals surface area contributed by atoms with E-state index in [0.29, 0.717) is 0 Å². The second-order valence-electron chi connectivity index (χ2n) is 6.43. The first-order chi connectivity index (χ1) is 11.0. The van der Waals surface area contributed by atoms with E-state index >= 15 is 0 Å². The van der Waals surface area contributed by atoms with Crippen LogP contribution in [0.25, 0.3) is 0 Å². The Morgan fingerprint density at radius 1 is 1.08 bits per heavy atom. The summed E-state index contributed by atoms with van der Waals surface area (Å²) in [6.07, 6.45) is -0.874. The number of aliphatic carboxylic acids is 1. The predicted molar refractivity (Wildman–Crippen MR) is 85.9 cm³/mol. The number of hydrogen-bond donors (Lipinski definition) is 2. The molecule has 0 bridgehead atoms. The molecule has 0 aliphatic rings. The third-order valence-electron chi connectivity index (χ3n) is 3.07. The number of benzene rings is 1. The average molecular weight is 337 g/mol. The number of rotatable bonds is 7. The molecule has 1 atom stereocenters. The average Bonchev–Trinajstić information content (AvgIpc) is 2.49. The lowest BCUT2D eigenvalue weighted by atomic mass is 9.94. The molecule has 0 aromatic heterocycles. The van der Waals surface area contributed by atoms with E-state index in [1.54, 1.807) is 45.0 Å². The van der Waals surface area contributed by atoms with Gasteiger partial charge in [-0.25, -0.2) is 9.59 Å². The van der Waals surface area contributed by atoms with E-state index < -0.39 is 41.9 Å². The molecular formula is C17H23NO6. The molecule has 132 valence electrons. The van der Waals surface area contributed by atoms with E-state index in [1.165, 1.54) is 0 Å². The van der Waals surface area contributed by atoms with E-state index in [2.05, 4.69) is 0 Å². The minimum atomic E-state index is -2.17. The molecule has 0 aliphatic heterocycles. The van der Waals surface area contributed by atoms with Gasteiger partial charge in [0.05, 0.1) is 0 Å². The minimum absolute atomic E-state index is 0.0749. The lowest BCUT2D eigenvalue weighted by Gasteiger charge is -2.29. The normalized spacial score (nSPS) is 13.7. The van der Waals surface area contributed by atoms with Crippen molar-refractivity contribution in [2.24, 2.45) is 5.73 Å². The van der Waals surface area contributed by atoms with Crippen LogP contribution in [0.3, 0.4) is 0 Å². The van der Waals surface area contributed by atoms with E-state index in [1.807, 2.05) is 6.07 Å². The number of carbonyl (C=O) groups excluding carboxylic acids is 2. The van der Waals surface area contributed by atoms with Crippen molar-refractivity contribution in [1.29, 1.82) is 0 Å². The van der Waals surface area contributed by atoms with Crippen molar-refractivity contribution in [3.63, 3.8) is 0 Å². The number of hydrogen-bond acceptors (Lipinski definition) is 6. The molecule has 0 radical (unpaired) electrons. The van der Waals surface area contributed by atoms with Gasteiger partial charge in [-0.05, 0) is 32.8 Å². The largest absolute Gasteiger partial charge is 0.481 e. The highest BCUT2D eigenvalue weighted by molar-refractivity contribution is 6.05. The zero-order valence-corrected chi connectivity index (χ0v) is 14.1. The quantitative estimate of drug-likeness (QED) is 0.574. The summed E-state index contributed by atoms with van der Waals surface area (Å²) in [5, 5.41) is 8.82. The highest BCUT2D eigenvalue weighted by Gasteiger charge is 2.46. The van der Waals surface area contributed by atoms with Crippen LogP contribution in [0.2, 0.25) is 0 Å². The van der Waals surface area contributed by atoms with E-state index in [0.717, 1.165) is 5.56 Å². The van der Waals surface area contributed by atoms with Gasteiger partial charge in [0, 0.05) is 6.42 Å². The Morgan fingerprint density at radius 3 is 2.17 bits per heavy atom. The summed E-state index contributed by atoms with van der Waals surface area (Å²) in [4.78, 5) is 35.4. The first kappa shape index (κ1) is 19.6. The maximum atomic E-state index is 12.3. The molecule has 24 heavy (non-hydrogen) atoms. The van der Waals surface area contributed by atoms with Crippen molar-refractivity contribution in [2.75, 3.05) is 0 Å². The summed E-state index contributed by atoms with van der Waals surface area (Å²) in [6.45, 7) is 4.79. The highest BCUT2D eigenvalue weighted by atomic mass is 16.6. The maximum Gasteiger partial charge on any atom is 0.338 e. The summed E-state index contributed by atoms with van der Waals surface area (Å²) in [5.41, 5.74) is 3.57. The fraction of sp³-hybridized carbons (Fsp3) is 0.471. The van der Waals surface area contributed by atoms with Gasteiger partial charge in [-0.3, -0.25) is 4.79 Å². The maximum absolute atomic E-state index is 12.3. The Balaban J connectivity index is 2.88. The van der Waals surface area contributed by atoms with Crippen LogP contribution >= 0.6 is 0 Å². The van der Waals surface area contributed by atoms with Crippen LogP contribution < -0.4 is 5.73 Å². The molecule has 0 fully saturated rings. The molecule has 0 saturated carbocycles. The smallest absolute Gasteiger partial charge is 0.338 e. The third kappa shape index (κ3) is 6.00. The summed E-state index contributed by atoms with van der Waals surface area (Å²) < 4.78 is 10.3. The highest BCUT2D eigenvalue weighted by Crippen LogP contribution is 2.20. The van der Waals surface area contributed by atoms with Crippen molar-refractivity contribution in [1.82, 2.24) is 0 Å². The van der Waals surface area contributed by atoms with E-state index in [4.69, 9.17) is 20.3 Å². The zero-order valence-electron chi connectivity index (χ0n) is 14.1. The molecule has 7 nitrogen and oxygen atoms in total. The predicted octanol–water partition coefficient (Wildman–Crippen LogP) is 1.63. The summed E-state index contributed by atoms with van der Waals surface area (Å²) >= 11 is 0. The molecular weight excluding hydrogens is 314 g/mol. The van der Waals surface area contributed by atoms with Crippen LogP contribution in [0.1, 0.15) is 39.2 Å². The van der Waals surface area contributed by atoms with Gasteiger partial charge in [0.15, 0.2) is 0 Å². The van der Waals surface area contributed by atoms with Gasteiger partial charge < -0.3 is 20.3 Å². The molecule has 1 aromatic carbocycles. The molecule has 3 N–H and O–H groups in total. The third-order valence-corrected chi connectivity index (χ3v) is 3.07. The Labute approximate surface area is 140 Å². The Morgan fingerprint density at radius 2 is 1.67 bits per heavy atom. The number of carbonyl (C=O) groups is 3. The van der Waals surface area contributed by atoms with Crippen LogP contribution in [0.15, 0.2) is 30.3 Å². The molecule has 0 aliphatic carbocycles. The van der Waals surface area contributed by atoms with Crippen LogP contribution in [-0.2, 0) is 30.5 Å². The van der Waals surface area contributed by atoms with Crippen LogP contribution in [0.5, 0.6) is 0 Å². The van der Waals surface area contributed by atoms with Crippen molar-refractivity contribution >= 4 is 17.9 Å². The summed E-state index contributed by atoms with van der Waals surface area (Å²) in [5.74, 6) is -3.19.